The van der Waals surface area contributed by atoms with Gasteiger partial charge in [-0.2, -0.15) is 0 Å². The van der Waals surface area contributed by atoms with Gasteiger partial charge in [0.25, 0.3) is 5.56 Å². The monoisotopic (exact) mass is 330 g/mol. The maximum atomic E-state index is 12.3. The fraction of sp³-hybridized carbons (Fsp3) is 0.588. The standard InChI is InChI=1S/C17H22N4OS/c1-10-15(23-11(2)18-10)9-21-6-5-13-14(8-21)19-16(20-17(13)22)7-12-3-4-12/h12H,3-9H2,1-2H3,(H,19,20,22). The molecular weight excluding hydrogens is 308 g/mol. The molecule has 0 saturated heterocycles. The zero-order valence-corrected chi connectivity index (χ0v) is 14.5. The molecule has 0 amide bonds. The van der Waals surface area contributed by atoms with E-state index in [0.29, 0.717) is 0 Å². The molecule has 0 radical (unpaired) electrons. The molecule has 1 saturated carbocycles. The van der Waals surface area contributed by atoms with Gasteiger partial charge in [0.05, 0.1) is 16.4 Å². The van der Waals surface area contributed by atoms with E-state index in [2.05, 4.69) is 28.7 Å². The van der Waals surface area contributed by atoms with Crippen LogP contribution < -0.4 is 5.56 Å². The maximum absolute atomic E-state index is 12.3. The minimum atomic E-state index is 0.0788. The van der Waals surface area contributed by atoms with E-state index in [4.69, 9.17) is 4.98 Å². The van der Waals surface area contributed by atoms with Crippen LogP contribution in [0.1, 0.15) is 45.5 Å². The molecule has 2 aromatic heterocycles. The highest BCUT2D eigenvalue weighted by Gasteiger charge is 2.25. The fourth-order valence-electron chi connectivity index (χ4n) is 3.30. The molecule has 0 atom stereocenters. The van der Waals surface area contributed by atoms with Gasteiger partial charge in [0.1, 0.15) is 5.82 Å². The van der Waals surface area contributed by atoms with Gasteiger partial charge in [0.2, 0.25) is 0 Å². The predicted octanol–water partition coefficient (Wildman–Crippen LogP) is 2.35. The molecule has 0 aromatic carbocycles. The lowest BCUT2D eigenvalue weighted by Crippen LogP contribution is -2.35. The van der Waals surface area contributed by atoms with Crippen molar-refractivity contribution in [3.63, 3.8) is 0 Å². The molecule has 23 heavy (non-hydrogen) atoms. The molecule has 1 fully saturated rings. The Balaban J connectivity index is 1.54. The molecular formula is C17H22N4OS. The smallest absolute Gasteiger partial charge is 0.254 e. The Morgan fingerprint density at radius 3 is 2.83 bits per heavy atom. The Morgan fingerprint density at radius 2 is 2.13 bits per heavy atom. The summed E-state index contributed by atoms with van der Waals surface area (Å²) in [5.74, 6) is 1.61. The minimum absolute atomic E-state index is 0.0788. The van der Waals surface area contributed by atoms with Crippen LogP contribution in [0.3, 0.4) is 0 Å². The molecule has 3 heterocycles. The van der Waals surface area contributed by atoms with E-state index in [0.717, 1.165) is 66.2 Å². The second-order valence-corrected chi connectivity index (χ2v) is 8.08. The second-order valence-electron chi connectivity index (χ2n) is 6.79. The number of H-pyrrole nitrogens is 1. The van der Waals surface area contributed by atoms with Gasteiger partial charge >= 0.3 is 0 Å². The van der Waals surface area contributed by atoms with Crippen LogP contribution in [-0.2, 0) is 25.9 Å². The summed E-state index contributed by atoms with van der Waals surface area (Å²) in [6.45, 7) is 6.72. The largest absolute Gasteiger partial charge is 0.310 e. The van der Waals surface area contributed by atoms with Crippen molar-refractivity contribution in [3.05, 3.63) is 43.0 Å². The Hall–Kier alpha value is -1.53. The number of thiazole rings is 1. The van der Waals surface area contributed by atoms with Crippen molar-refractivity contribution in [2.75, 3.05) is 6.54 Å². The third-order valence-corrected chi connectivity index (χ3v) is 5.80. The summed E-state index contributed by atoms with van der Waals surface area (Å²) in [5.41, 5.74) is 3.08. The lowest BCUT2D eigenvalue weighted by molar-refractivity contribution is 0.241. The van der Waals surface area contributed by atoms with Crippen LogP contribution in [0.25, 0.3) is 0 Å². The molecule has 0 spiro atoms. The van der Waals surface area contributed by atoms with Crippen molar-refractivity contribution in [1.82, 2.24) is 19.9 Å². The van der Waals surface area contributed by atoms with Crippen molar-refractivity contribution in [2.45, 2.75) is 52.6 Å². The minimum Gasteiger partial charge on any atom is -0.310 e. The summed E-state index contributed by atoms with van der Waals surface area (Å²) in [6.07, 6.45) is 4.27. The topological polar surface area (TPSA) is 61.9 Å². The van der Waals surface area contributed by atoms with E-state index in [9.17, 15) is 4.79 Å². The van der Waals surface area contributed by atoms with Crippen LogP contribution in [0, 0.1) is 19.8 Å². The SMILES string of the molecule is Cc1nc(C)c(CN2CCc3c(nc(CC4CC4)[nH]c3=O)C2)s1. The van der Waals surface area contributed by atoms with Crippen LogP contribution in [-0.4, -0.2) is 26.4 Å². The van der Waals surface area contributed by atoms with Gasteiger partial charge in [-0.25, -0.2) is 9.97 Å². The lowest BCUT2D eigenvalue weighted by Gasteiger charge is -2.27. The molecule has 0 unspecified atom stereocenters. The highest BCUT2D eigenvalue weighted by molar-refractivity contribution is 7.11. The molecule has 2 aliphatic rings. The van der Waals surface area contributed by atoms with Crippen LogP contribution in [0.15, 0.2) is 4.79 Å². The van der Waals surface area contributed by atoms with Gasteiger partial charge in [0, 0.05) is 36.5 Å². The molecule has 122 valence electrons. The summed E-state index contributed by atoms with van der Waals surface area (Å²) in [7, 11) is 0. The first-order chi connectivity index (χ1) is 11.1. The summed E-state index contributed by atoms with van der Waals surface area (Å²) >= 11 is 1.77. The van der Waals surface area contributed by atoms with Gasteiger partial charge in [-0.1, -0.05) is 0 Å². The summed E-state index contributed by atoms with van der Waals surface area (Å²) < 4.78 is 0. The predicted molar refractivity (Wildman–Crippen MR) is 90.7 cm³/mol. The van der Waals surface area contributed by atoms with Crippen molar-refractivity contribution in [3.8, 4) is 0 Å². The first-order valence-electron chi connectivity index (χ1n) is 8.34. The van der Waals surface area contributed by atoms with Gasteiger partial charge in [-0.15, -0.1) is 11.3 Å². The zero-order chi connectivity index (χ0) is 16.0. The average molecular weight is 330 g/mol. The number of aryl methyl sites for hydroxylation is 2. The number of rotatable bonds is 4. The Labute approximate surface area is 139 Å². The quantitative estimate of drug-likeness (QED) is 0.935. The third-order valence-electron chi connectivity index (χ3n) is 4.75. The van der Waals surface area contributed by atoms with Gasteiger partial charge < -0.3 is 4.98 Å². The summed E-state index contributed by atoms with van der Waals surface area (Å²) in [6, 6.07) is 0. The van der Waals surface area contributed by atoms with Gasteiger partial charge in [-0.3, -0.25) is 9.69 Å². The summed E-state index contributed by atoms with van der Waals surface area (Å²) in [5, 5.41) is 1.12. The van der Waals surface area contributed by atoms with Gasteiger partial charge in [-0.05, 0) is 39.0 Å². The fourth-order valence-corrected chi connectivity index (χ4v) is 4.28. The number of aromatic nitrogens is 3. The molecule has 1 aliphatic heterocycles. The van der Waals surface area contributed by atoms with E-state index in [-0.39, 0.29) is 5.56 Å². The molecule has 0 bridgehead atoms. The highest BCUT2D eigenvalue weighted by Crippen LogP contribution is 2.31. The lowest BCUT2D eigenvalue weighted by atomic mass is 10.1. The second kappa shape index (κ2) is 5.83. The van der Waals surface area contributed by atoms with Crippen molar-refractivity contribution < 1.29 is 0 Å². The van der Waals surface area contributed by atoms with Gasteiger partial charge in [0.15, 0.2) is 0 Å². The number of aromatic amines is 1. The molecule has 1 aliphatic carbocycles. The number of fused-ring (bicyclic) bond motifs is 1. The Kier molecular flexibility index (Phi) is 3.81. The highest BCUT2D eigenvalue weighted by atomic mass is 32.1. The maximum Gasteiger partial charge on any atom is 0.254 e. The van der Waals surface area contributed by atoms with Crippen LogP contribution in [0.4, 0.5) is 0 Å². The number of hydrogen-bond donors (Lipinski definition) is 1. The molecule has 2 aromatic rings. The van der Waals surface area contributed by atoms with E-state index in [1.165, 1.54) is 17.7 Å². The van der Waals surface area contributed by atoms with E-state index in [1.807, 2.05) is 0 Å². The van der Waals surface area contributed by atoms with E-state index in [1.54, 1.807) is 11.3 Å². The molecule has 4 rings (SSSR count). The normalized spacial score (nSPS) is 18.2. The summed E-state index contributed by atoms with van der Waals surface area (Å²) in [4.78, 5) is 28.3. The number of hydrogen-bond acceptors (Lipinski definition) is 5. The first-order valence-corrected chi connectivity index (χ1v) is 9.16. The Morgan fingerprint density at radius 1 is 1.30 bits per heavy atom. The average Bonchev–Trinajstić information content (AvgIpc) is 3.24. The van der Waals surface area contributed by atoms with E-state index < -0.39 is 0 Å². The van der Waals surface area contributed by atoms with Crippen molar-refractivity contribution in [1.29, 1.82) is 0 Å². The molecule has 6 heteroatoms. The first kappa shape index (κ1) is 15.0. The Bertz CT molecular complexity index is 790. The van der Waals surface area contributed by atoms with Crippen LogP contribution >= 0.6 is 11.3 Å². The van der Waals surface area contributed by atoms with Crippen LogP contribution in [0.2, 0.25) is 0 Å². The van der Waals surface area contributed by atoms with Crippen molar-refractivity contribution >= 4 is 11.3 Å². The van der Waals surface area contributed by atoms with Crippen molar-refractivity contribution in [2.24, 2.45) is 5.92 Å². The van der Waals surface area contributed by atoms with Crippen LogP contribution in [0.5, 0.6) is 0 Å². The van der Waals surface area contributed by atoms with E-state index >= 15 is 0 Å². The molecule has 1 N–H and O–H groups in total. The number of nitrogens with zero attached hydrogens (tertiary/aromatic N) is 3. The molecule has 5 nitrogen and oxygen atoms in total. The zero-order valence-electron chi connectivity index (χ0n) is 13.7. The third kappa shape index (κ3) is 3.23. The number of nitrogens with one attached hydrogen (secondary N) is 1.